The molecule has 1 aromatic rings. The topological polar surface area (TPSA) is 131 Å². The molecule has 0 spiro atoms. The van der Waals surface area contributed by atoms with Gasteiger partial charge in [-0.1, -0.05) is 12.0 Å². The maximum absolute atomic E-state index is 11.9. The number of H-pyrrole nitrogens is 1. The Morgan fingerprint density at radius 2 is 2.40 bits per heavy atom. The van der Waals surface area contributed by atoms with Gasteiger partial charge in [-0.15, -0.1) is 0 Å². The van der Waals surface area contributed by atoms with Crippen molar-refractivity contribution in [2.45, 2.75) is 38.1 Å². The van der Waals surface area contributed by atoms with Gasteiger partial charge in [0.2, 0.25) is 0 Å². The van der Waals surface area contributed by atoms with Crippen LogP contribution in [0.15, 0.2) is 16.0 Å². The van der Waals surface area contributed by atoms with Gasteiger partial charge >= 0.3 is 0 Å². The molecule has 0 aliphatic carbocycles. The molecule has 1 fully saturated rings. The first-order valence-corrected chi connectivity index (χ1v) is 6.36. The zero-order valence-electron chi connectivity index (χ0n) is 11.0. The van der Waals surface area contributed by atoms with Gasteiger partial charge in [0.1, 0.15) is 0 Å². The zero-order valence-corrected chi connectivity index (χ0v) is 11.0. The highest BCUT2D eigenvalue weighted by Gasteiger charge is 2.35. The van der Waals surface area contributed by atoms with E-state index >= 15 is 0 Å². The first kappa shape index (κ1) is 14.4. The predicted octanol–water partition coefficient (Wildman–Crippen LogP) is 1.14. The van der Waals surface area contributed by atoms with Crippen molar-refractivity contribution in [3.63, 3.8) is 0 Å². The van der Waals surface area contributed by atoms with Crippen molar-refractivity contribution in [2.75, 3.05) is 6.54 Å². The quantitative estimate of drug-likeness (QED) is 0.433. The van der Waals surface area contributed by atoms with Crippen molar-refractivity contribution in [1.29, 1.82) is 0 Å². The number of ether oxygens (including phenoxy) is 1. The molecule has 3 N–H and O–H groups in total. The molecule has 0 amide bonds. The Morgan fingerprint density at radius 3 is 3.05 bits per heavy atom. The van der Waals surface area contributed by atoms with Crippen LogP contribution in [0.4, 0.5) is 0 Å². The molecule has 1 saturated heterocycles. The van der Waals surface area contributed by atoms with Crippen LogP contribution in [0.5, 0.6) is 5.88 Å². The number of aromatic hydroxyl groups is 1. The lowest BCUT2D eigenvalue weighted by Crippen LogP contribution is -2.23. The highest BCUT2D eigenvalue weighted by Crippen LogP contribution is 2.32. The van der Waals surface area contributed by atoms with Crippen LogP contribution in [-0.2, 0) is 11.2 Å². The number of azide groups is 1. The molecule has 1 aliphatic heterocycles. The summed E-state index contributed by atoms with van der Waals surface area (Å²) in [5, 5.41) is 22.8. The van der Waals surface area contributed by atoms with Crippen molar-refractivity contribution >= 4 is 0 Å². The maximum Gasteiger partial charge on any atom is 0.256 e. The van der Waals surface area contributed by atoms with Crippen molar-refractivity contribution in [3.8, 4) is 5.88 Å². The minimum absolute atomic E-state index is 0.0186. The summed E-state index contributed by atoms with van der Waals surface area (Å²) in [7, 11) is 0. The summed E-state index contributed by atoms with van der Waals surface area (Å²) in [6, 6.07) is 1.58. The summed E-state index contributed by atoms with van der Waals surface area (Å²) in [6.45, 7) is 1.87. The number of aryl methyl sites for hydroxylation is 1. The van der Waals surface area contributed by atoms with E-state index in [0.29, 0.717) is 17.5 Å². The number of hydrogen-bond donors (Lipinski definition) is 3. The van der Waals surface area contributed by atoms with Gasteiger partial charge in [-0.05, 0) is 18.0 Å². The Labute approximate surface area is 114 Å². The number of hydrogen-bond acceptors (Lipinski definition) is 5. The molecule has 108 valence electrons. The molecule has 0 bridgehead atoms. The van der Waals surface area contributed by atoms with E-state index in [1.54, 1.807) is 6.07 Å². The molecule has 0 aromatic carbocycles. The summed E-state index contributed by atoms with van der Waals surface area (Å²) in [5.74, 6) is -0.148. The number of aliphatic hydroxyl groups is 1. The molecule has 3 atom stereocenters. The monoisotopic (exact) mass is 280 g/mol. The number of pyridine rings is 1. The fraction of sp³-hybridized carbons (Fsp3) is 0.583. The maximum atomic E-state index is 11.9. The van der Waals surface area contributed by atoms with Crippen molar-refractivity contribution in [3.05, 3.63) is 38.0 Å². The molecular weight excluding hydrogens is 264 g/mol. The lowest BCUT2D eigenvalue weighted by atomic mass is 10.0. The summed E-state index contributed by atoms with van der Waals surface area (Å²) >= 11 is 0. The lowest BCUT2D eigenvalue weighted by molar-refractivity contribution is 0.0151. The number of aromatic nitrogens is 1. The Balaban J connectivity index is 2.25. The average Bonchev–Trinajstić information content (AvgIpc) is 2.77. The normalized spacial score (nSPS) is 25.4. The Bertz CT molecular complexity index is 594. The third kappa shape index (κ3) is 2.77. The van der Waals surface area contributed by atoms with Crippen LogP contribution in [0.2, 0.25) is 0 Å². The molecule has 0 radical (unpaired) electrons. The van der Waals surface area contributed by atoms with Crippen LogP contribution in [0, 0.1) is 0 Å². The second-order valence-corrected chi connectivity index (χ2v) is 4.66. The van der Waals surface area contributed by atoms with Gasteiger partial charge in [0, 0.05) is 22.5 Å². The first-order valence-electron chi connectivity index (χ1n) is 6.36. The smallest absolute Gasteiger partial charge is 0.256 e. The van der Waals surface area contributed by atoms with Gasteiger partial charge in [-0.2, -0.15) is 0 Å². The number of aliphatic hydroxyl groups excluding tert-OH is 1. The van der Waals surface area contributed by atoms with Crippen LogP contribution in [0.3, 0.4) is 0 Å². The van der Waals surface area contributed by atoms with Crippen molar-refractivity contribution < 1.29 is 14.9 Å². The van der Waals surface area contributed by atoms with Crippen molar-refractivity contribution in [1.82, 2.24) is 4.98 Å². The van der Waals surface area contributed by atoms with E-state index in [0.717, 1.165) is 0 Å². The molecule has 1 aliphatic rings. The molecule has 20 heavy (non-hydrogen) atoms. The fourth-order valence-corrected chi connectivity index (χ4v) is 2.30. The highest BCUT2D eigenvalue weighted by atomic mass is 16.5. The Hall–Kier alpha value is -2.02. The van der Waals surface area contributed by atoms with Gasteiger partial charge < -0.3 is 14.9 Å². The zero-order chi connectivity index (χ0) is 14.7. The van der Waals surface area contributed by atoms with Gasteiger partial charge in [0.25, 0.3) is 5.56 Å². The number of aromatic amines is 1. The summed E-state index contributed by atoms with van der Waals surface area (Å²) in [4.78, 5) is 16.8. The molecule has 2 rings (SSSR count). The molecule has 8 nitrogen and oxygen atoms in total. The minimum atomic E-state index is -0.788. The molecule has 8 heteroatoms. The van der Waals surface area contributed by atoms with Crippen LogP contribution in [-0.4, -0.2) is 33.9 Å². The largest absolute Gasteiger partial charge is 0.494 e. The predicted molar refractivity (Wildman–Crippen MR) is 70.4 cm³/mol. The number of nitrogens with zero attached hydrogens (tertiary/aromatic N) is 3. The second-order valence-electron chi connectivity index (χ2n) is 4.66. The average molecular weight is 280 g/mol. The standard InChI is InChI=1S/C12H16N4O4/c1-2-6-3-7(12(19)15-11(6)18)9-4-8(17)10(20-9)5-14-16-13/h3,8-10,17H,2,4-5H2,1H3,(H2,15,18,19)/t8-,9?,10?/m0/s1. The van der Waals surface area contributed by atoms with E-state index in [1.165, 1.54) is 0 Å². The van der Waals surface area contributed by atoms with Crippen LogP contribution >= 0.6 is 0 Å². The van der Waals surface area contributed by atoms with E-state index in [-0.39, 0.29) is 18.8 Å². The minimum Gasteiger partial charge on any atom is -0.494 e. The summed E-state index contributed by atoms with van der Waals surface area (Å²) in [5.41, 5.74) is 8.80. The summed E-state index contributed by atoms with van der Waals surface area (Å²) < 4.78 is 5.57. The van der Waals surface area contributed by atoms with Crippen LogP contribution < -0.4 is 5.56 Å². The van der Waals surface area contributed by atoms with Gasteiger partial charge in [0.15, 0.2) is 5.88 Å². The van der Waals surface area contributed by atoms with Crippen molar-refractivity contribution in [2.24, 2.45) is 5.11 Å². The number of rotatable bonds is 4. The lowest BCUT2D eigenvalue weighted by Gasteiger charge is -2.13. The molecular formula is C12H16N4O4. The van der Waals surface area contributed by atoms with E-state index < -0.39 is 23.9 Å². The summed E-state index contributed by atoms with van der Waals surface area (Å²) in [6.07, 6.45) is -1.16. The third-order valence-electron chi connectivity index (χ3n) is 3.40. The highest BCUT2D eigenvalue weighted by molar-refractivity contribution is 5.30. The van der Waals surface area contributed by atoms with Crippen LogP contribution in [0.1, 0.15) is 30.6 Å². The Morgan fingerprint density at radius 1 is 1.65 bits per heavy atom. The van der Waals surface area contributed by atoms with E-state index in [2.05, 4.69) is 15.0 Å². The van der Waals surface area contributed by atoms with Gasteiger partial charge in [-0.25, -0.2) is 0 Å². The molecule has 1 aromatic heterocycles. The first-order chi connectivity index (χ1) is 9.56. The fourth-order valence-electron chi connectivity index (χ4n) is 2.30. The van der Waals surface area contributed by atoms with Gasteiger partial charge in [-0.3, -0.25) is 9.78 Å². The second kappa shape index (κ2) is 5.96. The van der Waals surface area contributed by atoms with E-state index in [9.17, 15) is 15.0 Å². The molecule has 2 heterocycles. The van der Waals surface area contributed by atoms with E-state index in [1.807, 2.05) is 6.92 Å². The van der Waals surface area contributed by atoms with E-state index in [4.69, 9.17) is 10.3 Å². The molecule has 0 saturated carbocycles. The molecule has 2 unspecified atom stereocenters. The third-order valence-corrected chi connectivity index (χ3v) is 3.40. The van der Waals surface area contributed by atoms with Gasteiger partial charge in [0.05, 0.1) is 24.9 Å². The van der Waals surface area contributed by atoms with Crippen LogP contribution in [0.25, 0.3) is 10.4 Å². The Kier molecular flexibility index (Phi) is 4.29. The SMILES string of the molecule is CCc1cc(C2C[C@H](O)C(CN=[N+]=[N-])O2)c(=O)[nH]c1O. The number of nitrogens with one attached hydrogen (secondary N) is 1.